The number of carboxylic acids is 1. The average Bonchev–Trinajstić information content (AvgIpc) is 2.67. The molecule has 3 rings (SSSR count). The van der Waals surface area contributed by atoms with Crippen LogP contribution in [-0.2, 0) is 4.79 Å². The van der Waals surface area contributed by atoms with Crippen LogP contribution in [0.4, 0.5) is 0 Å². The van der Waals surface area contributed by atoms with Gasteiger partial charge in [0.15, 0.2) is 0 Å². The lowest BCUT2D eigenvalue weighted by atomic mass is 10.0. The third-order valence-electron chi connectivity index (χ3n) is 5.32. The molecule has 8 heteroatoms. The van der Waals surface area contributed by atoms with E-state index in [2.05, 4.69) is 15.2 Å². The third-order valence-corrected chi connectivity index (χ3v) is 5.32. The van der Waals surface area contributed by atoms with Gasteiger partial charge in [0.25, 0.3) is 0 Å². The summed E-state index contributed by atoms with van der Waals surface area (Å²) in [6.45, 7) is 3.01. The number of hydrogen-bond acceptors (Lipinski definition) is 6. The molecule has 1 saturated heterocycles. The summed E-state index contributed by atoms with van der Waals surface area (Å²) in [5.74, 6) is -0.775. The van der Waals surface area contributed by atoms with Crippen molar-refractivity contribution in [3.63, 3.8) is 0 Å². The van der Waals surface area contributed by atoms with E-state index in [0.717, 1.165) is 32.5 Å². The molecule has 2 aromatic rings. The van der Waals surface area contributed by atoms with Crippen LogP contribution in [0.2, 0.25) is 0 Å². The first-order valence-corrected chi connectivity index (χ1v) is 9.64. The summed E-state index contributed by atoms with van der Waals surface area (Å²) in [7, 11) is 0. The van der Waals surface area contributed by atoms with Gasteiger partial charge in [-0.05, 0) is 56.6 Å². The maximum Gasteiger partial charge on any atom is 0.303 e. The maximum atomic E-state index is 11.5. The van der Waals surface area contributed by atoms with E-state index in [4.69, 9.17) is 5.11 Å². The molecule has 0 spiro atoms. The van der Waals surface area contributed by atoms with Crippen molar-refractivity contribution in [3.8, 4) is 5.75 Å². The molecule has 1 aliphatic heterocycles. The number of carbonyl (C=O) groups is 1. The molecule has 1 aromatic carbocycles. The molecule has 1 aromatic heterocycles. The highest BCUT2D eigenvalue weighted by Crippen LogP contribution is 2.28. The summed E-state index contributed by atoms with van der Waals surface area (Å²) in [6, 6.07) is 6.45. The molecule has 0 amide bonds. The Hall–Kier alpha value is -2.42. The minimum absolute atomic E-state index is 0.0214. The third kappa shape index (κ3) is 5.09. The Labute approximate surface area is 162 Å². The highest BCUT2D eigenvalue weighted by atomic mass is 16.4. The molecule has 0 unspecified atom stereocenters. The standard InChI is InChI=1S/C20H27N3O5/c24-16-5-3-14(15-4-6-18(26)22-20(15)16)17(25)12-21-13-7-10-23(11-8-13)9-1-2-19(27)28/h3-6,13,17,21,24-25H,1-2,7-12H2,(H,22,26)(H,27,28)/t17-/m1/s1. The number of nitrogens with zero attached hydrogens (tertiary/aromatic N) is 1. The summed E-state index contributed by atoms with van der Waals surface area (Å²) >= 11 is 0. The van der Waals surface area contributed by atoms with Crippen LogP contribution < -0.4 is 10.9 Å². The molecule has 152 valence electrons. The number of phenols is 1. The number of fused-ring (bicyclic) bond motifs is 1. The van der Waals surface area contributed by atoms with Gasteiger partial charge in [0.2, 0.25) is 5.56 Å². The maximum absolute atomic E-state index is 11.5. The van der Waals surface area contributed by atoms with Crippen LogP contribution in [0.1, 0.15) is 37.4 Å². The Bertz CT molecular complexity index is 874. The number of aromatic amines is 1. The summed E-state index contributed by atoms with van der Waals surface area (Å²) in [5.41, 5.74) is 0.684. The molecule has 2 heterocycles. The number of benzene rings is 1. The Morgan fingerprint density at radius 2 is 2.00 bits per heavy atom. The van der Waals surface area contributed by atoms with Crippen LogP contribution in [0, 0.1) is 0 Å². The van der Waals surface area contributed by atoms with E-state index in [1.807, 2.05) is 0 Å². The van der Waals surface area contributed by atoms with Gasteiger partial charge in [-0.15, -0.1) is 0 Å². The molecular weight excluding hydrogens is 362 g/mol. The second-order valence-corrected chi connectivity index (χ2v) is 7.32. The number of phenolic OH excluding ortho intramolecular Hbond substituents is 1. The van der Waals surface area contributed by atoms with Gasteiger partial charge in [-0.1, -0.05) is 6.07 Å². The van der Waals surface area contributed by atoms with E-state index in [9.17, 15) is 19.8 Å². The smallest absolute Gasteiger partial charge is 0.303 e. The number of hydrogen-bond donors (Lipinski definition) is 5. The average molecular weight is 389 g/mol. The zero-order valence-corrected chi connectivity index (χ0v) is 15.7. The minimum Gasteiger partial charge on any atom is -0.506 e. The molecule has 1 fully saturated rings. The first kappa shape index (κ1) is 20.3. The first-order chi connectivity index (χ1) is 13.4. The van der Waals surface area contributed by atoms with E-state index >= 15 is 0 Å². The van der Waals surface area contributed by atoms with Crippen LogP contribution in [0.15, 0.2) is 29.1 Å². The number of likely N-dealkylation sites (tertiary alicyclic amines) is 1. The molecule has 1 aliphatic rings. The molecule has 28 heavy (non-hydrogen) atoms. The molecular formula is C20H27N3O5. The second kappa shape index (κ2) is 9.18. The number of aromatic hydroxyl groups is 1. The number of carboxylic acid groups (broad SMARTS) is 1. The lowest BCUT2D eigenvalue weighted by Crippen LogP contribution is -2.43. The van der Waals surface area contributed by atoms with Crippen molar-refractivity contribution in [2.75, 3.05) is 26.2 Å². The van der Waals surface area contributed by atoms with Crippen molar-refractivity contribution in [1.29, 1.82) is 0 Å². The van der Waals surface area contributed by atoms with Crippen molar-refractivity contribution < 1.29 is 20.1 Å². The van der Waals surface area contributed by atoms with Crippen LogP contribution in [0.3, 0.4) is 0 Å². The number of rotatable bonds is 8. The summed E-state index contributed by atoms with van der Waals surface area (Å²) in [4.78, 5) is 27.0. The lowest BCUT2D eigenvalue weighted by molar-refractivity contribution is -0.137. The van der Waals surface area contributed by atoms with Gasteiger partial charge in [-0.2, -0.15) is 0 Å². The van der Waals surface area contributed by atoms with Gasteiger partial charge < -0.3 is 30.5 Å². The number of piperidine rings is 1. The first-order valence-electron chi connectivity index (χ1n) is 9.64. The van der Waals surface area contributed by atoms with Crippen LogP contribution in [0.5, 0.6) is 5.75 Å². The number of aliphatic carboxylic acids is 1. The molecule has 8 nitrogen and oxygen atoms in total. The summed E-state index contributed by atoms with van der Waals surface area (Å²) in [5, 5.41) is 33.3. The monoisotopic (exact) mass is 389 g/mol. The topological polar surface area (TPSA) is 126 Å². The van der Waals surface area contributed by atoms with Crippen LogP contribution in [-0.4, -0.2) is 63.4 Å². The minimum atomic E-state index is -0.761. The normalized spacial score (nSPS) is 17.0. The van der Waals surface area contributed by atoms with Crippen molar-refractivity contribution >= 4 is 16.9 Å². The SMILES string of the molecule is O=C(O)CCCN1CCC(NC[C@@H](O)c2ccc(O)c3[nH]c(=O)ccc23)CC1. The Kier molecular flexibility index (Phi) is 6.66. The highest BCUT2D eigenvalue weighted by molar-refractivity contribution is 5.87. The molecule has 0 saturated carbocycles. The lowest BCUT2D eigenvalue weighted by Gasteiger charge is -2.32. The number of aromatic nitrogens is 1. The van der Waals surface area contributed by atoms with Crippen molar-refractivity contribution in [2.45, 2.75) is 37.8 Å². The summed E-state index contributed by atoms with van der Waals surface area (Å²) in [6.07, 6.45) is 2.01. The fourth-order valence-corrected chi connectivity index (χ4v) is 3.75. The molecule has 1 atom stereocenters. The number of H-pyrrole nitrogens is 1. The fraction of sp³-hybridized carbons (Fsp3) is 0.500. The Balaban J connectivity index is 1.52. The van der Waals surface area contributed by atoms with Gasteiger partial charge in [0.05, 0.1) is 11.6 Å². The zero-order chi connectivity index (χ0) is 20.1. The quantitative estimate of drug-likeness (QED) is 0.459. The Morgan fingerprint density at radius 3 is 2.71 bits per heavy atom. The highest BCUT2D eigenvalue weighted by Gasteiger charge is 2.20. The molecule has 0 radical (unpaired) electrons. The number of pyridine rings is 1. The number of aliphatic hydroxyl groups excluding tert-OH is 1. The summed E-state index contributed by atoms with van der Waals surface area (Å²) < 4.78 is 0. The van der Waals surface area contributed by atoms with E-state index < -0.39 is 12.1 Å². The van der Waals surface area contributed by atoms with Crippen LogP contribution >= 0.6 is 0 Å². The van der Waals surface area contributed by atoms with E-state index in [-0.39, 0.29) is 17.7 Å². The number of aliphatic hydroxyl groups is 1. The van der Waals surface area contributed by atoms with Gasteiger partial charge in [-0.3, -0.25) is 9.59 Å². The second-order valence-electron chi connectivity index (χ2n) is 7.32. The van der Waals surface area contributed by atoms with E-state index in [1.165, 1.54) is 12.1 Å². The largest absolute Gasteiger partial charge is 0.506 e. The predicted octanol–water partition coefficient (Wildman–Crippen LogP) is 1.19. The van der Waals surface area contributed by atoms with Crippen LogP contribution in [0.25, 0.3) is 10.9 Å². The van der Waals surface area contributed by atoms with Gasteiger partial charge in [0, 0.05) is 30.5 Å². The molecule has 5 N–H and O–H groups in total. The number of nitrogens with one attached hydrogen (secondary N) is 2. The molecule has 0 aliphatic carbocycles. The van der Waals surface area contributed by atoms with Gasteiger partial charge in [0.1, 0.15) is 5.75 Å². The molecule has 0 bridgehead atoms. The van der Waals surface area contributed by atoms with Gasteiger partial charge in [-0.25, -0.2) is 0 Å². The zero-order valence-electron chi connectivity index (χ0n) is 15.7. The van der Waals surface area contributed by atoms with Crippen molar-refractivity contribution in [2.24, 2.45) is 0 Å². The predicted molar refractivity (Wildman–Crippen MR) is 106 cm³/mol. The van der Waals surface area contributed by atoms with Crippen molar-refractivity contribution in [1.82, 2.24) is 15.2 Å². The van der Waals surface area contributed by atoms with Gasteiger partial charge >= 0.3 is 5.97 Å². The van der Waals surface area contributed by atoms with E-state index in [1.54, 1.807) is 12.1 Å². The fourth-order valence-electron chi connectivity index (χ4n) is 3.75. The van der Waals surface area contributed by atoms with Crippen molar-refractivity contribution in [3.05, 3.63) is 40.2 Å². The van der Waals surface area contributed by atoms with E-state index in [0.29, 0.717) is 35.5 Å². The Morgan fingerprint density at radius 1 is 1.25 bits per heavy atom.